The number of benzene rings is 1. The molecule has 7 nitrogen and oxygen atoms in total. The third-order valence-electron chi connectivity index (χ3n) is 6.29. The molecular weight excluding hydrogens is 392 g/mol. The predicted octanol–water partition coefficient (Wildman–Crippen LogP) is 1.10. The van der Waals surface area contributed by atoms with E-state index in [9.17, 15) is 13.6 Å². The smallest absolute Gasteiger partial charge is 0.242 e. The molecule has 3 N–H and O–H groups in total. The number of hydrogen-bond donors (Lipinski definition) is 2. The number of carbonyl (C=O) groups is 1. The van der Waals surface area contributed by atoms with Crippen molar-refractivity contribution in [2.75, 3.05) is 26.2 Å². The minimum Gasteiger partial charge on any atom is -0.473 e. The molecule has 1 aliphatic carbocycles. The fraction of sp³-hybridized carbons (Fsp3) is 0.524. The van der Waals surface area contributed by atoms with E-state index in [0.717, 1.165) is 43.6 Å². The van der Waals surface area contributed by atoms with Gasteiger partial charge in [0, 0.05) is 44.4 Å². The van der Waals surface area contributed by atoms with Crippen LogP contribution in [0.4, 0.5) is 8.78 Å². The summed E-state index contributed by atoms with van der Waals surface area (Å²) >= 11 is 0. The SMILES string of the molecule is NC1(C(=O)N2CCN3C4=CC(OCc5ccc(F)c(F)c5)=NC(C4)NCC3C2)CC1. The second-order valence-corrected chi connectivity index (χ2v) is 8.52. The van der Waals surface area contributed by atoms with E-state index in [1.165, 1.54) is 6.07 Å². The van der Waals surface area contributed by atoms with E-state index >= 15 is 0 Å². The lowest BCUT2D eigenvalue weighted by Crippen LogP contribution is -2.59. The molecule has 1 amide bonds. The maximum atomic E-state index is 13.4. The fourth-order valence-corrected chi connectivity index (χ4v) is 4.35. The lowest BCUT2D eigenvalue weighted by atomic mass is 10.1. The van der Waals surface area contributed by atoms with Gasteiger partial charge in [-0.1, -0.05) is 6.07 Å². The molecule has 3 aliphatic heterocycles. The Morgan fingerprint density at radius 3 is 2.90 bits per heavy atom. The zero-order chi connectivity index (χ0) is 20.9. The first-order valence-corrected chi connectivity index (χ1v) is 10.3. The summed E-state index contributed by atoms with van der Waals surface area (Å²) in [5.74, 6) is -1.24. The Labute approximate surface area is 173 Å². The molecule has 1 saturated carbocycles. The summed E-state index contributed by atoms with van der Waals surface area (Å²) in [5.41, 5.74) is 7.13. The molecule has 0 radical (unpaired) electrons. The van der Waals surface area contributed by atoms with Crippen LogP contribution in [0.15, 0.2) is 35.0 Å². The Morgan fingerprint density at radius 1 is 1.30 bits per heavy atom. The van der Waals surface area contributed by atoms with Crippen LogP contribution in [0.2, 0.25) is 0 Å². The van der Waals surface area contributed by atoms with Crippen molar-refractivity contribution < 1.29 is 18.3 Å². The Kier molecular flexibility index (Phi) is 4.74. The summed E-state index contributed by atoms with van der Waals surface area (Å²) in [6, 6.07) is 3.88. The molecule has 2 atom stereocenters. The predicted molar refractivity (Wildman–Crippen MR) is 106 cm³/mol. The van der Waals surface area contributed by atoms with Crippen LogP contribution in [-0.4, -0.2) is 65.5 Å². The van der Waals surface area contributed by atoms with Crippen LogP contribution in [0.3, 0.4) is 0 Å². The van der Waals surface area contributed by atoms with Gasteiger partial charge in [-0.3, -0.25) is 10.1 Å². The van der Waals surface area contributed by atoms with Gasteiger partial charge in [-0.25, -0.2) is 13.8 Å². The topological polar surface area (TPSA) is 83.2 Å². The maximum absolute atomic E-state index is 13.4. The molecule has 3 heterocycles. The molecule has 2 unspecified atom stereocenters. The van der Waals surface area contributed by atoms with E-state index in [2.05, 4.69) is 15.2 Å². The largest absolute Gasteiger partial charge is 0.473 e. The minimum absolute atomic E-state index is 0.0650. The number of fused-ring (bicyclic) bond motifs is 4. The number of halogens is 2. The second kappa shape index (κ2) is 7.31. The summed E-state index contributed by atoms with van der Waals surface area (Å²) < 4.78 is 32.3. The monoisotopic (exact) mass is 417 g/mol. The zero-order valence-electron chi connectivity index (χ0n) is 16.6. The number of piperazine rings is 1. The van der Waals surface area contributed by atoms with Crippen molar-refractivity contribution in [1.29, 1.82) is 0 Å². The number of nitrogens with zero attached hydrogens (tertiary/aromatic N) is 3. The van der Waals surface area contributed by atoms with Gasteiger partial charge in [0.1, 0.15) is 12.8 Å². The highest BCUT2D eigenvalue weighted by Gasteiger charge is 2.49. The molecule has 1 aromatic carbocycles. The Bertz CT molecular complexity index is 930. The summed E-state index contributed by atoms with van der Waals surface area (Å²) in [4.78, 5) is 21.4. The summed E-state index contributed by atoms with van der Waals surface area (Å²) in [5, 5.41) is 3.44. The van der Waals surface area contributed by atoms with E-state index in [1.807, 2.05) is 11.0 Å². The van der Waals surface area contributed by atoms with Gasteiger partial charge in [0.2, 0.25) is 11.8 Å². The molecule has 160 valence electrons. The quantitative estimate of drug-likeness (QED) is 0.770. The molecule has 2 bridgehead atoms. The van der Waals surface area contributed by atoms with Crippen molar-refractivity contribution in [3.63, 3.8) is 0 Å². The first-order valence-electron chi connectivity index (χ1n) is 10.3. The van der Waals surface area contributed by atoms with Gasteiger partial charge in [-0.2, -0.15) is 0 Å². The Balaban J connectivity index is 1.27. The highest BCUT2D eigenvalue weighted by atomic mass is 19.2. The highest BCUT2D eigenvalue weighted by Crippen LogP contribution is 2.35. The first kappa shape index (κ1) is 19.4. The van der Waals surface area contributed by atoms with Crippen LogP contribution in [0.25, 0.3) is 0 Å². The standard InChI is InChI=1S/C21H25F2N5O2/c22-16-2-1-13(7-17(16)23)12-30-19-9-14-8-18(26-19)25-10-15-11-27(5-6-28(14)15)20(29)21(24)3-4-21/h1-2,7,9,15,18,25H,3-6,8,10-12,24H2. The molecule has 2 saturated heterocycles. The van der Waals surface area contributed by atoms with Gasteiger partial charge in [0.05, 0.1) is 11.6 Å². The molecule has 4 aliphatic rings. The summed E-state index contributed by atoms with van der Waals surface area (Å²) in [6.07, 6.45) is 4.11. The Hall–Kier alpha value is -2.52. The minimum atomic E-state index is -0.893. The molecule has 3 fully saturated rings. The molecular formula is C21H25F2N5O2. The van der Waals surface area contributed by atoms with E-state index in [-0.39, 0.29) is 24.7 Å². The average Bonchev–Trinajstić information content (AvgIpc) is 3.52. The molecule has 30 heavy (non-hydrogen) atoms. The van der Waals surface area contributed by atoms with Crippen molar-refractivity contribution >= 4 is 11.8 Å². The van der Waals surface area contributed by atoms with Crippen LogP contribution in [0.5, 0.6) is 0 Å². The lowest BCUT2D eigenvalue weighted by molar-refractivity contribution is -0.136. The van der Waals surface area contributed by atoms with Gasteiger partial charge >= 0.3 is 0 Å². The Morgan fingerprint density at radius 2 is 2.13 bits per heavy atom. The zero-order valence-corrected chi connectivity index (χ0v) is 16.6. The number of rotatable bonds is 3. The summed E-state index contributed by atoms with van der Waals surface area (Å²) in [7, 11) is 0. The number of ether oxygens (including phenoxy) is 1. The van der Waals surface area contributed by atoms with Gasteiger partial charge in [0.15, 0.2) is 11.6 Å². The lowest BCUT2D eigenvalue weighted by Gasteiger charge is -2.43. The molecule has 0 spiro atoms. The van der Waals surface area contributed by atoms with Crippen LogP contribution < -0.4 is 11.1 Å². The van der Waals surface area contributed by atoms with Gasteiger partial charge in [-0.05, 0) is 30.5 Å². The second-order valence-electron chi connectivity index (χ2n) is 8.52. The molecule has 0 aromatic heterocycles. The van der Waals surface area contributed by atoms with Gasteiger partial charge in [-0.15, -0.1) is 0 Å². The molecule has 1 aromatic rings. The summed E-state index contributed by atoms with van der Waals surface area (Å²) in [6.45, 7) is 2.85. The van der Waals surface area contributed by atoms with Crippen LogP contribution in [0, 0.1) is 11.6 Å². The molecule has 5 rings (SSSR count). The van der Waals surface area contributed by atoms with Crippen molar-refractivity contribution in [3.8, 4) is 0 Å². The van der Waals surface area contributed by atoms with E-state index in [0.29, 0.717) is 31.1 Å². The number of dihydropyridines is 1. The molecule has 9 heteroatoms. The highest BCUT2D eigenvalue weighted by molar-refractivity contribution is 5.90. The van der Waals surface area contributed by atoms with E-state index in [1.54, 1.807) is 0 Å². The van der Waals surface area contributed by atoms with E-state index in [4.69, 9.17) is 10.5 Å². The number of nitrogens with two attached hydrogens (primary N) is 1. The van der Waals surface area contributed by atoms with Gasteiger partial charge < -0.3 is 20.3 Å². The third kappa shape index (κ3) is 3.67. The van der Waals surface area contributed by atoms with Gasteiger partial charge in [0.25, 0.3) is 0 Å². The van der Waals surface area contributed by atoms with Crippen molar-refractivity contribution in [1.82, 2.24) is 15.1 Å². The van der Waals surface area contributed by atoms with Crippen molar-refractivity contribution in [3.05, 3.63) is 47.2 Å². The number of carbonyl (C=O) groups excluding carboxylic acids is 1. The normalized spacial score (nSPS) is 26.9. The maximum Gasteiger partial charge on any atom is 0.242 e. The van der Waals surface area contributed by atoms with Crippen LogP contribution >= 0.6 is 0 Å². The fourth-order valence-electron chi connectivity index (χ4n) is 4.35. The number of aliphatic imine (C=N–C) groups is 1. The average molecular weight is 417 g/mol. The van der Waals surface area contributed by atoms with Crippen LogP contribution in [0.1, 0.15) is 24.8 Å². The van der Waals surface area contributed by atoms with Crippen molar-refractivity contribution in [2.45, 2.75) is 43.6 Å². The first-order chi connectivity index (χ1) is 14.4. The van der Waals surface area contributed by atoms with Crippen LogP contribution in [-0.2, 0) is 16.1 Å². The van der Waals surface area contributed by atoms with E-state index < -0.39 is 17.2 Å². The third-order valence-corrected chi connectivity index (χ3v) is 6.29. The van der Waals surface area contributed by atoms with Crippen molar-refractivity contribution in [2.24, 2.45) is 10.7 Å². The number of hydrogen-bond acceptors (Lipinski definition) is 6. The number of amides is 1. The number of nitrogens with one attached hydrogen (secondary N) is 1.